The number of nitrogens with one attached hydrogen (secondary N) is 2. The molecule has 23 heavy (non-hydrogen) atoms. The fourth-order valence-corrected chi connectivity index (χ4v) is 3.10. The van der Waals surface area contributed by atoms with Crippen molar-refractivity contribution in [3.05, 3.63) is 29.6 Å². The molecule has 1 aliphatic carbocycles. The first kappa shape index (κ1) is 19.7. The van der Waals surface area contributed by atoms with Gasteiger partial charge in [0.25, 0.3) is 5.91 Å². The highest BCUT2D eigenvalue weighted by molar-refractivity contribution is 7.92. The lowest BCUT2D eigenvalue weighted by Crippen LogP contribution is -2.40. The lowest BCUT2D eigenvalue weighted by molar-refractivity contribution is 0.0926. The van der Waals surface area contributed by atoms with Gasteiger partial charge in [0.05, 0.1) is 17.5 Å². The third kappa shape index (κ3) is 5.96. The molecular weight excluding hydrogens is 345 g/mol. The Morgan fingerprint density at radius 1 is 1.26 bits per heavy atom. The first-order valence-electron chi connectivity index (χ1n) is 7.08. The summed E-state index contributed by atoms with van der Waals surface area (Å²) < 4.78 is 38.3. The SMILES string of the molecule is CS(=O)(=O)Nc1ccc(F)cc1C(=O)NC1CCC(N)CC1.Cl. The minimum absolute atomic E-state index is 0. The van der Waals surface area contributed by atoms with Gasteiger partial charge in [0, 0.05) is 12.1 Å². The smallest absolute Gasteiger partial charge is 0.253 e. The highest BCUT2D eigenvalue weighted by Crippen LogP contribution is 2.21. The van der Waals surface area contributed by atoms with Crippen molar-refractivity contribution < 1.29 is 17.6 Å². The molecule has 1 fully saturated rings. The molecule has 2 rings (SSSR count). The number of rotatable bonds is 4. The second kappa shape index (κ2) is 7.94. The van der Waals surface area contributed by atoms with Crippen molar-refractivity contribution in [3.8, 4) is 0 Å². The van der Waals surface area contributed by atoms with E-state index in [0.29, 0.717) is 0 Å². The molecule has 0 radical (unpaired) electrons. The van der Waals surface area contributed by atoms with E-state index in [9.17, 15) is 17.6 Å². The van der Waals surface area contributed by atoms with Crippen molar-refractivity contribution in [2.24, 2.45) is 5.73 Å². The van der Waals surface area contributed by atoms with E-state index >= 15 is 0 Å². The van der Waals surface area contributed by atoms with E-state index in [-0.39, 0.29) is 35.7 Å². The lowest BCUT2D eigenvalue weighted by atomic mass is 9.91. The van der Waals surface area contributed by atoms with Crippen LogP contribution in [0.3, 0.4) is 0 Å². The molecule has 130 valence electrons. The van der Waals surface area contributed by atoms with Gasteiger partial charge in [-0.05, 0) is 43.9 Å². The van der Waals surface area contributed by atoms with E-state index in [1.54, 1.807) is 0 Å². The Kier molecular flexibility index (Phi) is 6.79. The summed E-state index contributed by atoms with van der Waals surface area (Å²) in [7, 11) is -3.56. The number of amides is 1. The van der Waals surface area contributed by atoms with Crippen molar-refractivity contribution in [1.29, 1.82) is 0 Å². The van der Waals surface area contributed by atoms with Crippen LogP contribution in [-0.2, 0) is 10.0 Å². The molecule has 1 aliphatic rings. The second-order valence-corrected chi connectivity index (χ2v) is 7.40. The molecule has 0 spiro atoms. The van der Waals surface area contributed by atoms with E-state index in [1.165, 1.54) is 6.07 Å². The predicted molar refractivity (Wildman–Crippen MR) is 89.8 cm³/mol. The number of hydrogen-bond acceptors (Lipinski definition) is 4. The summed E-state index contributed by atoms with van der Waals surface area (Å²) in [5.74, 6) is -1.10. The zero-order valence-corrected chi connectivity index (χ0v) is 14.3. The largest absolute Gasteiger partial charge is 0.349 e. The molecule has 1 aromatic rings. The summed E-state index contributed by atoms with van der Waals surface area (Å²) in [6, 6.07) is 3.50. The van der Waals surface area contributed by atoms with Gasteiger partial charge < -0.3 is 11.1 Å². The van der Waals surface area contributed by atoms with Crippen LogP contribution in [0.15, 0.2) is 18.2 Å². The highest BCUT2D eigenvalue weighted by atomic mass is 35.5. The maximum atomic E-state index is 13.4. The van der Waals surface area contributed by atoms with Gasteiger partial charge in [-0.25, -0.2) is 12.8 Å². The van der Waals surface area contributed by atoms with Crippen LogP contribution in [0.5, 0.6) is 0 Å². The Labute approximate surface area is 141 Å². The summed E-state index contributed by atoms with van der Waals surface area (Å²) in [4.78, 5) is 12.3. The van der Waals surface area contributed by atoms with Gasteiger partial charge in [-0.1, -0.05) is 0 Å². The third-order valence-electron chi connectivity index (χ3n) is 3.63. The second-order valence-electron chi connectivity index (χ2n) is 5.65. The summed E-state index contributed by atoms with van der Waals surface area (Å²) >= 11 is 0. The topological polar surface area (TPSA) is 101 Å². The molecule has 0 saturated heterocycles. The first-order valence-corrected chi connectivity index (χ1v) is 8.97. The minimum Gasteiger partial charge on any atom is -0.349 e. The lowest BCUT2D eigenvalue weighted by Gasteiger charge is -2.27. The third-order valence-corrected chi connectivity index (χ3v) is 4.22. The maximum Gasteiger partial charge on any atom is 0.253 e. The number of anilines is 1. The van der Waals surface area contributed by atoms with Crippen LogP contribution in [-0.4, -0.2) is 32.7 Å². The summed E-state index contributed by atoms with van der Waals surface area (Å²) in [5.41, 5.74) is 5.85. The van der Waals surface area contributed by atoms with Crippen molar-refractivity contribution in [1.82, 2.24) is 5.32 Å². The Hall–Kier alpha value is -1.38. The molecule has 9 heteroatoms. The van der Waals surface area contributed by atoms with Crippen LogP contribution in [0.4, 0.5) is 10.1 Å². The monoisotopic (exact) mass is 365 g/mol. The van der Waals surface area contributed by atoms with Gasteiger partial charge in [0.1, 0.15) is 5.82 Å². The van der Waals surface area contributed by atoms with E-state index in [1.807, 2.05) is 0 Å². The highest BCUT2D eigenvalue weighted by Gasteiger charge is 2.22. The van der Waals surface area contributed by atoms with Crippen LogP contribution in [0.1, 0.15) is 36.0 Å². The Morgan fingerprint density at radius 3 is 2.43 bits per heavy atom. The maximum absolute atomic E-state index is 13.4. The van der Waals surface area contributed by atoms with Crippen molar-refractivity contribution in [2.45, 2.75) is 37.8 Å². The van der Waals surface area contributed by atoms with Crippen LogP contribution < -0.4 is 15.8 Å². The number of hydrogen-bond donors (Lipinski definition) is 3. The molecule has 0 atom stereocenters. The fourth-order valence-electron chi connectivity index (χ4n) is 2.52. The number of sulfonamides is 1. The fraction of sp³-hybridized carbons (Fsp3) is 0.500. The number of carbonyl (C=O) groups is 1. The van der Waals surface area contributed by atoms with Crippen molar-refractivity contribution >= 4 is 34.0 Å². The predicted octanol–water partition coefficient (Wildman–Crippen LogP) is 1.62. The van der Waals surface area contributed by atoms with E-state index in [4.69, 9.17) is 5.73 Å². The van der Waals surface area contributed by atoms with E-state index < -0.39 is 21.7 Å². The Morgan fingerprint density at radius 2 is 1.87 bits per heavy atom. The van der Waals surface area contributed by atoms with Crippen LogP contribution in [0, 0.1) is 5.82 Å². The summed E-state index contributed by atoms with van der Waals surface area (Å²) in [6.45, 7) is 0. The molecule has 0 bridgehead atoms. The average molecular weight is 366 g/mol. The molecule has 4 N–H and O–H groups in total. The molecule has 1 amide bonds. The normalized spacial score (nSPS) is 21.2. The average Bonchev–Trinajstić information content (AvgIpc) is 2.42. The van der Waals surface area contributed by atoms with E-state index in [0.717, 1.165) is 44.1 Å². The molecule has 0 aromatic heterocycles. The quantitative estimate of drug-likeness (QED) is 0.754. The molecule has 1 aromatic carbocycles. The molecule has 6 nitrogen and oxygen atoms in total. The molecular formula is C14H21ClFN3O3S. The summed E-state index contributed by atoms with van der Waals surface area (Å²) in [6.07, 6.45) is 4.14. The van der Waals surface area contributed by atoms with Crippen molar-refractivity contribution in [2.75, 3.05) is 11.0 Å². The molecule has 0 aliphatic heterocycles. The Bertz CT molecular complexity index is 661. The minimum atomic E-state index is -3.56. The van der Waals surface area contributed by atoms with Crippen LogP contribution >= 0.6 is 12.4 Å². The standard InChI is InChI=1S/C14H20FN3O3S.ClH/c1-22(20,21)18-13-7-2-9(15)8-12(13)14(19)17-11-5-3-10(16)4-6-11;/h2,7-8,10-11,18H,3-6,16H2,1H3,(H,17,19);1H. The van der Waals surface area contributed by atoms with Gasteiger partial charge in [0.2, 0.25) is 10.0 Å². The zero-order valence-electron chi connectivity index (χ0n) is 12.7. The van der Waals surface area contributed by atoms with E-state index in [2.05, 4.69) is 10.0 Å². The number of nitrogens with two attached hydrogens (primary N) is 1. The number of carbonyl (C=O) groups excluding carboxylic acids is 1. The first-order chi connectivity index (χ1) is 10.2. The van der Waals surface area contributed by atoms with Gasteiger partial charge in [-0.3, -0.25) is 9.52 Å². The molecule has 0 heterocycles. The van der Waals surface area contributed by atoms with Gasteiger partial charge in [0.15, 0.2) is 0 Å². The van der Waals surface area contributed by atoms with Gasteiger partial charge in [-0.2, -0.15) is 0 Å². The van der Waals surface area contributed by atoms with Crippen LogP contribution in [0.2, 0.25) is 0 Å². The molecule has 0 unspecified atom stereocenters. The number of benzene rings is 1. The molecule has 1 saturated carbocycles. The van der Waals surface area contributed by atoms with Crippen molar-refractivity contribution in [3.63, 3.8) is 0 Å². The van der Waals surface area contributed by atoms with Gasteiger partial charge >= 0.3 is 0 Å². The number of halogens is 2. The zero-order chi connectivity index (χ0) is 16.3. The Balaban J connectivity index is 0.00000264. The summed E-state index contributed by atoms with van der Waals surface area (Å²) in [5, 5.41) is 2.81. The van der Waals surface area contributed by atoms with Crippen LogP contribution in [0.25, 0.3) is 0 Å². The van der Waals surface area contributed by atoms with Gasteiger partial charge in [-0.15, -0.1) is 12.4 Å².